The molecule has 15 heavy (non-hydrogen) atoms. The van der Waals surface area contributed by atoms with Crippen LogP contribution in [0.25, 0.3) is 0 Å². The fourth-order valence-electron chi connectivity index (χ4n) is 1.15. The van der Waals surface area contributed by atoms with Crippen LogP contribution in [-0.4, -0.2) is 31.5 Å². The van der Waals surface area contributed by atoms with Gasteiger partial charge >= 0.3 is 0 Å². The fourth-order valence-corrected chi connectivity index (χ4v) is 1.15. The Hall–Kier alpha value is -1.55. The maximum absolute atomic E-state index is 9.70. The van der Waals surface area contributed by atoms with Gasteiger partial charge in [-0.25, -0.2) is 0 Å². The van der Waals surface area contributed by atoms with E-state index in [9.17, 15) is 5.11 Å². The van der Waals surface area contributed by atoms with Crippen molar-refractivity contribution in [2.45, 2.75) is 6.42 Å². The van der Waals surface area contributed by atoms with Gasteiger partial charge in [0.25, 0.3) is 0 Å². The number of methoxy groups -OCH3 is 1. The molecule has 0 aliphatic heterocycles. The highest BCUT2D eigenvalue weighted by Gasteiger charge is 2.03. The highest BCUT2D eigenvalue weighted by molar-refractivity contribution is 5.84. The van der Waals surface area contributed by atoms with E-state index in [0.717, 1.165) is 6.42 Å². The molecule has 0 heterocycles. The summed E-state index contributed by atoms with van der Waals surface area (Å²) in [5.41, 5.74) is 6.00. The van der Waals surface area contributed by atoms with Gasteiger partial charge in [0.05, 0.1) is 7.11 Å². The van der Waals surface area contributed by atoms with E-state index in [4.69, 9.17) is 10.5 Å². The lowest BCUT2D eigenvalue weighted by atomic mass is 10.2. The number of phenols is 1. The molecule has 1 rings (SSSR count). The van der Waals surface area contributed by atoms with E-state index in [1.165, 1.54) is 7.11 Å². The van der Waals surface area contributed by atoms with E-state index in [1.807, 2.05) is 6.07 Å². The smallest absolute Gasteiger partial charge is 0.166 e. The van der Waals surface area contributed by atoms with Crippen LogP contribution in [0.1, 0.15) is 12.0 Å². The first kappa shape index (κ1) is 11.5. The lowest BCUT2D eigenvalue weighted by molar-refractivity contribution is 0.373. The number of nitrogens with two attached hydrogens (primary N) is 1. The number of hydrogen-bond acceptors (Lipinski definition) is 4. The molecular weight excluding hydrogens is 192 g/mol. The zero-order chi connectivity index (χ0) is 11.1. The maximum Gasteiger partial charge on any atom is 0.166 e. The van der Waals surface area contributed by atoms with Crippen LogP contribution in [0.3, 0.4) is 0 Å². The summed E-state index contributed by atoms with van der Waals surface area (Å²) in [4.78, 5) is 4.15. The van der Waals surface area contributed by atoms with Crippen molar-refractivity contribution in [3.8, 4) is 11.5 Å². The third-order valence-electron chi connectivity index (χ3n) is 1.97. The average Bonchev–Trinajstić information content (AvgIpc) is 2.26. The molecule has 0 spiro atoms. The van der Waals surface area contributed by atoms with Gasteiger partial charge in [-0.15, -0.1) is 0 Å². The lowest BCUT2D eigenvalue weighted by Gasteiger charge is -2.04. The molecule has 0 amide bonds. The molecule has 0 radical (unpaired) electrons. The molecule has 0 unspecified atom stereocenters. The van der Waals surface area contributed by atoms with Crippen molar-refractivity contribution in [2.24, 2.45) is 10.7 Å². The van der Waals surface area contributed by atoms with E-state index in [0.29, 0.717) is 24.4 Å². The van der Waals surface area contributed by atoms with Crippen molar-refractivity contribution in [1.29, 1.82) is 0 Å². The molecule has 1 aromatic carbocycles. The van der Waals surface area contributed by atoms with Crippen molar-refractivity contribution in [3.63, 3.8) is 0 Å². The van der Waals surface area contributed by atoms with Gasteiger partial charge in [0, 0.05) is 18.3 Å². The second-order valence-electron chi connectivity index (χ2n) is 3.08. The molecule has 0 atom stereocenters. The topological polar surface area (TPSA) is 67.8 Å². The van der Waals surface area contributed by atoms with E-state index in [2.05, 4.69) is 4.99 Å². The summed E-state index contributed by atoms with van der Waals surface area (Å²) in [5.74, 6) is 0.578. The van der Waals surface area contributed by atoms with Gasteiger partial charge in [-0.05, 0) is 25.1 Å². The fraction of sp³-hybridized carbons (Fsp3) is 0.364. The Kier molecular flexibility index (Phi) is 4.63. The molecule has 0 fully saturated rings. The third-order valence-corrected chi connectivity index (χ3v) is 1.97. The van der Waals surface area contributed by atoms with Gasteiger partial charge in [0.15, 0.2) is 11.5 Å². The largest absolute Gasteiger partial charge is 0.504 e. The Morgan fingerprint density at radius 2 is 2.33 bits per heavy atom. The summed E-state index contributed by atoms with van der Waals surface area (Å²) >= 11 is 0. The first-order valence-corrected chi connectivity index (χ1v) is 4.85. The molecule has 0 bridgehead atoms. The molecule has 1 aromatic rings. The molecule has 4 heteroatoms. The molecule has 0 aliphatic rings. The number of rotatable bonds is 5. The molecule has 0 saturated heterocycles. The number of phenolic OH excluding ortho intramolecular Hbond substituents is 1. The van der Waals surface area contributed by atoms with Crippen LogP contribution < -0.4 is 10.5 Å². The summed E-state index contributed by atoms with van der Waals surface area (Å²) in [6, 6.07) is 5.29. The average molecular weight is 208 g/mol. The number of nitrogens with zero attached hydrogens (tertiary/aromatic N) is 1. The second kappa shape index (κ2) is 6.03. The van der Waals surface area contributed by atoms with Crippen LogP contribution >= 0.6 is 0 Å². The predicted octanol–water partition coefficient (Wildman–Crippen LogP) is 1.17. The van der Waals surface area contributed by atoms with Crippen LogP contribution in [0.2, 0.25) is 0 Å². The van der Waals surface area contributed by atoms with Crippen LogP contribution in [-0.2, 0) is 0 Å². The highest BCUT2D eigenvalue weighted by atomic mass is 16.5. The predicted molar refractivity (Wildman–Crippen MR) is 60.8 cm³/mol. The monoisotopic (exact) mass is 208 g/mol. The Bertz CT molecular complexity index is 337. The third kappa shape index (κ3) is 3.25. The SMILES string of the molecule is COc1cccc(C=NCCCN)c1O. The summed E-state index contributed by atoms with van der Waals surface area (Å²) in [6.45, 7) is 1.30. The molecule has 3 N–H and O–H groups in total. The highest BCUT2D eigenvalue weighted by Crippen LogP contribution is 2.27. The van der Waals surface area contributed by atoms with E-state index >= 15 is 0 Å². The Labute approximate surface area is 89.4 Å². The summed E-state index contributed by atoms with van der Waals surface area (Å²) in [6.07, 6.45) is 2.48. The van der Waals surface area contributed by atoms with Crippen molar-refractivity contribution >= 4 is 6.21 Å². The first-order chi connectivity index (χ1) is 7.29. The van der Waals surface area contributed by atoms with Crippen LogP contribution in [0.5, 0.6) is 11.5 Å². The molecular formula is C11H16N2O2. The van der Waals surface area contributed by atoms with Gasteiger partial charge in [-0.3, -0.25) is 4.99 Å². The summed E-state index contributed by atoms with van der Waals surface area (Å²) < 4.78 is 4.98. The van der Waals surface area contributed by atoms with Gasteiger partial charge in [0.1, 0.15) is 0 Å². The van der Waals surface area contributed by atoms with Crippen molar-refractivity contribution in [1.82, 2.24) is 0 Å². The van der Waals surface area contributed by atoms with Crippen molar-refractivity contribution < 1.29 is 9.84 Å². The molecule has 0 saturated carbocycles. The molecule has 4 nitrogen and oxygen atoms in total. The molecule has 0 aromatic heterocycles. The second-order valence-corrected chi connectivity index (χ2v) is 3.08. The maximum atomic E-state index is 9.70. The lowest BCUT2D eigenvalue weighted by Crippen LogP contribution is -2.00. The Morgan fingerprint density at radius 3 is 3.00 bits per heavy atom. The number of para-hydroxylation sites is 1. The zero-order valence-electron chi connectivity index (χ0n) is 8.81. The first-order valence-electron chi connectivity index (χ1n) is 4.85. The van der Waals surface area contributed by atoms with Crippen molar-refractivity contribution in [3.05, 3.63) is 23.8 Å². The van der Waals surface area contributed by atoms with Gasteiger partial charge in [-0.2, -0.15) is 0 Å². The van der Waals surface area contributed by atoms with E-state index in [-0.39, 0.29) is 5.75 Å². The number of benzene rings is 1. The minimum Gasteiger partial charge on any atom is -0.504 e. The zero-order valence-corrected chi connectivity index (χ0v) is 8.81. The minimum absolute atomic E-state index is 0.122. The van der Waals surface area contributed by atoms with Crippen LogP contribution in [0, 0.1) is 0 Å². The van der Waals surface area contributed by atoms with Gasteiger partial charge in [-0.1, -0.05) is 6.07 Å². The van der Waals surface area contributed by atoms with E-state index < -0.39 is 0 Å². The normalized spacial score (nSPS) is 10.8. The number of hydrogen-bond donors (Lipinski definition) is 2. The quantitative estimate of drug-likeness (QED) is 0.563. The summed E-state index contributed by atoms with van der Waals surface area (Å²) in [7, 11) is 1.52. The molecule has 82 valence electrons. The van der Waals surface area contributed by atoms with Gasteiger partial charge in [0.2, 0.25) is 0 Å². The number of aliphatic imine (C=N–C) groups is 1. The number of aromatic hydroxyl groups is 1. The van der Waals surface area contributed by atoms with Crippen LogP contribution in [0.15, 0.2) is 23.2 Å². The standard InChI is InChI=1S/C11H16N2O2/c1-15-10-5-2-4-9(11(10)14)8-13-7-3-6-12/h2,4-5,8,14H,3,6-7,12H2,1H3. The Morgan fingerprint density at radius 1 is 1.53 bits per heavy atom. The van der Waals surface area contributed by atoms with E-state index in [1.54, 1.807) is 18.3 Å². The molecule has 0 aliphatic carbocycles. The van der Waals surface area contributed by atoms with Crippen LogP contribution in [0.4, 0.5) is 0 Å². The van der Waals surface area contributed by atoms with Gasteiger partial charge < -0.3 is 15.6 Å². The number of ether oxygens (including phenoxy) is 1. The summed E-state index contributed by atoms with van der Waals surface area (Å²) in [5, 5.41) is 9.70. The van der Waals surface area contributed by atoms with Crippen molar-refractivity contribution in [2.75, 3.05) is 20.2 Å². The Balaban J connectivity index is 2.72. The minimum atomic E-state index is 0.122.